The molecule has 0 atom stereocenters. The zero-order valence-corrected chi connectivity index (χ0v) is 7.26. The van der Waals surface area contributed by atoms with Crippen molar-refractivity contribution in [1.82, 2.24) is 0 Å². The van der Waals surface area contributed by atoms with Crippen molar-refractivity contribution in [3.8, 4) is 0 Å². The molecule has 0 aromatic rings. The van der Waals surface area contributed by atoms with Crippen LogP contribution in [-0.2, 0) is 0 Å². The lowest BCUT2D eigenvalue weighted by Gasteiger charge is -1.78. The fourth-order valence-corrected chi connectivity index (χ4v) is 0.196. The minimum Gasteiger partial charge on any atom is -0.246 e. The van der Waals surface area contributed by atoms with Crippen molar-refractivity contribution >= 4 is 12.1 Å². The summed E-state index contributed by atoms with van der Waals surface area (Å²) in [6.45, 7) is 11.2. The predicted molar refractivity (Wildman–Crippen MR) is 48.8 cm³/mol. The van der Waals surface area contributed by atoms with Gasteiger partial charge in [0.1, 0.15) is 6.34 Å². The van der Waals surface area contributed by atoms with E-state index in [2.05, 4.69) is 16.6 Å². The second-order valence-electron chi connectivity index (χ2n) is 1.52. The van der Waals surface area contributed by atoms with Crippen molar-refractivity contribution in [1.29, 1.82) is 0 Å². The molecule has 10 heavy (non-hydrogen) atoms. The van der Waals surface area contributed by atoms with E-state index in [9.17, 15) is 0 Å². The highest BCUT2D eigenvalue weighted by molar-refractivity contribution is 5.86. The lowest BCUT2D eigenvalue weighted by molar-refractivity contribution is 1.50. The first kappa shape index (κ1) is 11.8. The van der Waals surface area contributed by atoms with Gasteiger partial charge in [0, 0.05) is 11.9 Å². The molecule has 58 valence electrons. The maximum Gasteiger partial charge on any atom is 0.115 e. The quantitative estimate of drug-likeness (QED) is 0.416. The molecular formula is C8H16N2. The number of aliphatic imine (C=N–C) groups is 2. The SMILES string of the molecule is C=CN=CN=C(C)C.CC. The molecule has 0 aromatic carbocycles. The molecule has 0 saturated carbocycles. The Morgan fingerprint density at radius 3 is 2.10 bits per heavy atom. The van der Waals surface area contributed by atoms with Crippen LogP contribution in [0.2, 0.25) is 0 Å². The number of nitrogens with zero attached hydrogens (tertiary/aromatic N) is 2. The Bertz CT molecular complexity index is 119. The van der Waals surface area contributed by atoms with Crippen molar-refractivity contribution in [3.63, 3.8) is 0 Å². The fraction of sp³-hybridized carbons (Fsp3) is 0.500. The zero-order chi connectivity index (χ0) is 8.41. The Labute approximate surface area is 63.4 Å². The first-order valence-electron chi connectivity index (χ1n) is 3.41. The van der Waals surface area contributed by atoms with Gasteiger partial charge in [-0.1, -0.05) is 20.4 Å². The molecule has 0 aromatic heterocycles. The van der Waals surface area contributed by atoms with Crippen LogP contribution in [0.5, 0.6) is 0 Å². The summed E-state index contributed by atoms with van der Waals surface area (Å²) in [5.74, 6) is 0. The van der Waals surface area contributed by atoms with Gasteiger partial charge >= 0.3 is 0 Å². The van der Waals surface area contributed by atoms with E-state index in [4.69, 9.17) is 0 Å². The molecule has 0 spiro atoms. The first-order valence-corrected chi connectivity index (χ1v) is 3.41. The number of rotatable bonds is 2. The largest absolute Gasteiger partial charge is 0.246 e. The monoisotopic (exact) mass is 140 g/mol. The van der Waals surface area contributed by atoms with Gasteiger partial charge in [0.15, 0.2) is 0 Å². The van der Waals surface area contributed by atoms with Crippen molar-refractivity contribution in [2.45, 2.75) is 27.7 Å². The summed E-state index contributed by atoms with van der Waals surface area (Å²) in [5, 5.41) is 0. The van der Waals surface area contributed by atoms with E-state index >= 15 is 0 Å². The maximum absolute atomic E-state index is 3.87. The predicted octanol–water partition coefficient (Wildman–Crippen LogP) is 2.67. The highest BCUT2D eigenvalue weighted by atomic mass is 14.8. The molecule has 0 fully saturated rings. The van der Waals surface area contributed by atoms with E-state index in [0.29, 0.717) is 0 Å². The topological polar surface area (TPSA) is 24.7 Å². The molecule has 0 radical (unpaired) electrons. The average molecular weight is 140 g/mol. The highest BCUT2D eigenvalue weighted by Crippen LogP contribution is 1.70. The van der Waals surface area contributed by atoms with E-state index in [0.717, 1.165) is 5.71 Å². The van der Waals surface area contributed by atoms with Crippen LogP contribution >= 0.6 is 0 Å². The van der Waals surface area contributed by atoms with Crippen molar-refractivity contribution in [2.75, 3.05) is 0 Å². The van der Waals surface area contributed by atoms with E-state index in [1.807, 2.05) is 27.7 Å². The number of hydrogen-bond acceptors (Lipinski definition) is 1. The molecule has 0 unspecified atom stereocenters. The van der Waals surface area contributed by atoms with Crippen molar-refractivity contribution in [2.24, 2.45) is 9.98 Å². The third kappa shape index (κ3) is 15.7. The Balaban J connectivity index is 0. The van der Waals surface area contributed by atoms with E-state index < -0.39 is 0 Å². The van der Waals surface area contributed by atoms with Gasteiger partial charge in [-0.25, -0.2) is 9.98 Å². The molecule has 0 aliphatic carbocycles. The summed E-state index contributed by atoms with van der Waals surface area (Å²) >= 11 is 0. The van der Waals surface area contributed by atoms with Gasteiger partial charge in [-0.2, -0.15) is 0 Å². The van der Waals surface area contributed by atoms with Crippen LogP contribution in [0, 0.1) is 0 Å². The van der Waals surface area contributed by atoms with Gasteiger partial charge in [-0.3, -0.25) is 0 Å². The summed E-state index contributed by atoms with van der Waals surface area (Å²) in [7, 11) is 0. The first-order chi connectivity index (χ1) is 4.77. The van der Waals surface area contributed by atoms with E-state index in [1.165, 1.54) is 12.5 Å². The zero-order valence-electron chi connectivity index (χ0n) is 7.26. The van der Waals surface area contributed by atoms with Gasteiger partial charge in [0.25, 0.3) is 0 Å². The van der Waals surface area contributed by atoms with Gasteiger partial charge in [0.2, 0.25) is 0 Å². The number of hydrogen-bond donors (Lipinski definition) is 0. The molecule has 0 amide bonds. The summed E-state index contributed by atoms with van der Waals surface area (Å²) in [5.41, 5.74) is 0.996. The smallest absolute Gasteiger partial charge is 0.115 e. The van der Waals surface area contributed by atoms with Crippen LogP contribution in [0.25, 0.3) is 0 Å². The van der Waals surface area contributed by atoms with Crippen LogP contribution in [0.1, 0.15) is 27.7 Å². The van der Waals surface area contributed by atoms with Gasteiger partial charge in [-0.15, -0.1) is 0 Å². The molecule has 0 rings (SSSR count). The summed E-state index contributed by atoms with van der Waals surface area (Å²) in [6.07, 6.45) is 2.93. The van der Waals surface area contributed by atoms with Crippen LogP contribution in [0.4, 0.5) is 0 Å². The van der Waals surface area contributed by atoms with Crippen LogP contribution in [0.3, 0.4) is 0 Å². The Morgan fingerprint density at radius 1 is 1.30 bits per heavy atom. The van der Waals surface area contributed by atoms with Crippen LogP contribution < -0.4 is 0 Å². The van der Waals surface area contributed by atoms with Crippen LogP contribution in [-0.4, -0.2) is 12.1 Å². The second-order valence-corrected chi connectivity index (χ2v) is 1.52. The van der Waals surface area contributed by atoms with Crippen molar-refractivity contribution < 1.29 is 0 Å². The molecule has 0 bridgehead atoms. The minimum atomic E-state index is 0.996. The molecule has 0 aliphatic rings. The third-order valence-corrected chi connectivity index (χ3v) is 0.488. The Morgan fingerprint density at radius 2 is 1.80 bits per heavy atom. The summed E-state index contributed by atoms with van der Waals surface area (Å²) in [6, 6.07) is 0. The molecule has 0 aliphatic heterocycles. The maximum atomic E-state index is 3.87. The molecule has 0 heterocycles. The highest BCUT2D eigenvalue weighted by Gasteiger charge is 1.68. The molecule has 2 nitrogen and oxygen atoms in total. The van der Waals surface area contributed by atoms with Crippen molar-refractivity contribution in [3.05, 3.63) is 12.8 Å². The van der Waals surface area contributed by atoms with Gasteiger partial charge < -0.3 is 0 Å². The van der Waals surface area contributed by atoms with Crippen LogP contribution in [0.15, 0.2) is 22.8 Å². The lowest BCUT2D eigenvalue weighted by atomic mass is 10.5. The van der Waals surface area contributed by atoms with E-state index in [-0.39, 0.29) is 0 Å². The third-order valence-electron chi connectivity index (χ3n) is 0.488. The Kier molecular flexibility index (Phi) is 13.0. The molecule has 2 heteroatoms. The summed E-state index contributed by atoms with van der Waals surface area (Å²) < 4.78 is 0. The standard InChI is InChI=1S/C6H10N2.C2H6/c1-4-7-5-8-6(2)3;1-2/h4-5H,1H2,2-3H3;1-2H3. The van der Waals surface area contributed by atoms with Gasteiger partial charge in [0.05, 0.1) is 0 Å². The molecular weight excluding hydrogens is 124 g/mol. The minimum absolute atomic E-state index is 0.996. The van der Waals surface area contributed by atoms with E-state index in [1.54, 1.807) is 0 Å². The Hall–Kier alpha value is -0.920. The van der Waals surface area contributed by atoms with Gasteiger partial charge in [-0.05, 0) is 13.8 Å². The second kappa shape index (κ2) is 11.0. The summed E-state index contributed by atoms with van der Waals surface area (Å²) in [4.78, 5) is 7.53. The fourth-order valence-electron chi connectivity index (χ4n) is 0.196. The molecule has 0 N–H and O–H groups in total. The molecule has 0 saturated heterocycles. The normalized spacial score (nSPS) is 8.00. The lowest BCUT2D eigenvalue weighted by Crippen LogP contribution is -1.78. The average Bonchev–Trinajstić information content (AvgIpc) is 1.92.